The Labute approximate surface area is 364 Å². The summed E-state index contributed by atoms with van der Waals surface area (Å²) in [6.07, 6.45) is 11.0. The Balaban J connectivity index is 1.23. The van der Waals surface area contributed by atoms with E-state index < -0.39 is 17.7 Å². The molecule has 0 unspecified atom stereocenters. The van der Waals surface area contributed by atoms with Crippen LogP contribution < -0.4 is 9.47 Å². The molecule has 1 amide bonds. The number of hydrogen-bond acceptors (Lipinski definition) is 8. The van der Waals surface area contributed by atoms with Gasteiger partial charge in [-0.3, -0.25) is 4.79 Å². The Kier molecular flexibility index (Phi) is 12.5. The zero-order chi connectivity index (χ0) is 42.6. The van der Waals surface area contributed by atoms with Gasteiger partial charge in [-0.05, 0) is 113 Å². The summed E-state index contributed by atoms with van der Waals surface area (Å²) >= 11 is 0. The Bertz CT molecular complexity index is 2470. The summed E-state index contributed by atoms with van der Waals surface area (Å²) in [7, 11) is 1.58. The van der Waals surface area contributed by atoms with Crippen LogP contribution in [0.3, 0.4) is 0 Å². The zero-order valence-corrected chi connectivity index (χ0v) is 35.7. The molecule has 0 bridgehead atoms. The number of benzene rings is 5. The van der Waals surface area contributed by atoms with Gasteiger partial charge in [-0.1, -0.05) is 103 Å². The van der Waals surface area contributed by atoms with Gasteiger partial charge in [0, 0.05) is 43.6 Å². The molecule has 9 rings (SSSR count). The quantitative estimate of drug-likeness (QED) is 0.0514. The van der Waals surface area contributed by atoms with Gasteiger partial charge >= 0.3 is 0 Å². The van der Waals surface area contributed by atoms with Crippen LogP contribution in [0, 0.1) is 23.7 Å². The average Bonchev–Trinajstić information content (AvgIpc) is 4.15. The first-order chi connectivity index (χ1) is 30.5. The van der Waals surface area contributed by atoms with Crippen LogP contribution >= 0.6 is 0 Å². The van der Waals surface area contributed by atoms with E-state index in [0.29, 0.717) is 37.3 Å². The second kappa shape index (κ2) is 18.5. The number of fused-ring (bicyclic) bond motifs is 4. The molecule has 4 aliphatic rings. The van der Waals surface area contributed by atoms with Crippen LogP contribution in [-0.4, -0.2) is 65.5 Å². The van der Waals surface area contributed by atoms with E-state index >= 15 is 0 Å². The van der Waals surface area contributed by atoms with E-state index in [9.17, 15) is 15.0 Å². The van der Waals surface area contributed by atoms with Crippen molar-refractivity contribution in [1.82, 2.24) is 4.90 Å². The minimum Gasteiger partial charge on any atom is -0.459 e. The number of carbonyl (C=O) groups is 1. The molecule has 322 valence electrons. The Morgan fingerprint density at radius 2 is 1.60 bits per heavy atom. The van der Waals surface area contributed by atoms with Crippen molar-refractivity contribution in [2.75, 3.05) is 26.9 Å². The summed E-state index contributed by atoms with van der Waals surface area (Å²) in [5, 5.41) is 29.2. The molecule has 2 saturated carbocycles. The van der Waals surface area contributed by atoms with Crippen molar-refractivity contribution >= 4 is 33.2 Å². The van der Waals surface area contributed by atoms with Crippen molar-refractivity contribution < 1.29 is 34.1 Å². The molecule has 1 heterocycles. The summed E-state index contributed by atoms with van der Waals surface area (Å²) in [5.74, 6) is 0.516. The van der Waals surface area contributed by atoms with Crippen LogP contribution in [0.25, 0.3) is 21.5 Å². The van der Waals surface area contributed by atoms with E-state index in [0.717, 1.165) is 88.2 Å². The first-order valence-electron chi connectivity index (χ1n) is 22.5. The van der Waals surface area contributed by atoms with Crippen molar-refractivity contribution in [1.29, 1.82) is 0 Å². The second-order valence-corrected chi connectivity index (χ2v) is 17.4. The fraction of sp³-hybridized carbons (Fsp3) is 0.396. The van der Waals surface area contributed by atoms with E-state index in [1.165, 1.54) is 0 Å². The van der Waals surface area contributed by atoms with E-state index in [2.05, 4.69) is 73.3 Å². The molecule has 1 aliphatic heterocycles. The van der Waals surface area contributed by atoms with Gasteiger partial charge in [-0.2, -0.15) is 0 Å². The monoisotopic (exact) mass is 834 g/mol. The smallest absolute Gasteiger partial charge is 0.239 e. The van der Waals surface area contributed by atoms with E-state index in [-0.39, 0.29) is 49.4 Å². The number of allylic oxidation sites excluding steroid dienone is 1. The number of aliphatic hydroxyl groups excluding tert-OH is 2. The Morgan fingerprint density at radius 1 is 0.871 bits per heavy atom. The molecule has 2 N–H and O–H groups in total. The largest absolute Gasteiger partial charge is 0.459 e. The molecule has 9 nitrogen and oxygen atoms in total. The highest BCUT2D eigenvalue weighted by Crippen LogP contribution is 2.62. The summed E-state index contributed by atoms with van der Waals surface area (Å²) in [4.78, 5) is 22.7. The maximum atomic E-state index is 15.0. The van der Waals surface area contributed by atoms with Crippen molar-refractivity contribution in [3.8, 4) is 17.2 Å². The number of unbranched alkanes of at least 4 members (excludes halogenated alkanes) is 2. The number of oxime groups is 1. The first kappa shape index (κ1) is 41.9. The van der Waals surface area contributed by atoms with Gasteiger partial charge in [0.2, 0.25) is 11.7 Å². The van der Waals surface area contributed by atoms with Gasteiger partial charge in [0.1, 0.15) is 30.4 Å². The lowest BCUT2D eigenvalue weighted by atomic mass is 9.55. The van der Waals surface area contributed by atoms with E-state index in [4.69, 9.17) is 24.2 Å². The van der Waals surface area contributed by atoms with Crippen molar-refractivity contribution in [3.05, 3.63) is 139 Å². The third kappa shape index (κ3) is 8.14. The van der Waals surface area contributed by atoms with Gasteiger partial charge in [-0.15, -0.1) is 6.58 Å². The van der Waals surface area contributed by atoms with E-state index in [1.54, 1.807) is 13.2 Å². The molecule has 2 fully saturated rings. The van der Waals surface area contributed by atoms with Crippen LogP contribution in [0.15, 0.2) is 133 Å². The number of hydrogen-bond donors (Lipinski definition) is 2. The molecular formula is C53H58N2O7. The topological polar surface area (TPSA) is 110 Å². The molecule has 5 aromatic carbocycles. The number of amides is 1. The lowest BCUT2D eigenvalue weighted by molar-refractivity contribution is -0.258. The molecule has 62 heavy (non-hydrogen) atoms. The highest BCUT2D eigenvalue weighted by Gasteiger charge is 2.66. The van der Waals surface area contributed by atoms with Crippen LogP contribution in [0.1, 0.15) is 74.8 Å². The van der Waals surface area contributed by atoms with Crippen LogP contribution in [0.2, 0.25) is 0 Å². The predicted octanol–water partition coefficient (Wildman–Crippen LogP) is 10.5. The Hall–Kier alpha value is -5.48. The van der Waals surface area contributed by atoms with Crippen LogP contribution in [0.4, 0.5) is 0 Å². The van der Waals surface area contributed by atoms with Gasteiger partial charge < -0.3 is 34.2 Å². The predicted molar refractivity (Wildman–Crippen MR) is 243 cm³/mol. The number of ether oxygens (including phenoxy) is 3. The van der Waals surface area contributed by atoms with Gasteiger partial charge in [0.05, 0.1) is 18.2 Å². The minimum atomic E-state index is -1.33. The van der Waals surface area contributed by atoms with Gasteiger partial charge in [0.25, 0.3) is 0 Å². The van der Waals surface area contributed by atoms with Gasteiger partial charge in [0.15, 0.2) is 0 Å². The van der Waals surface area contributed by atoms with E-state index in [1.807, 2.05) is 47.4 Å². The lowest BCUT2D eigenvalue weighted by Crippen LogP contribution is -2.70. The Morgan fingerprint density at radius 3 is 2.37 bits per heavy atom. The molecule has 6 atom stereocenters. The molecular weight excluding hydrogens is 777 g/mol. The summed E-state index contributed by atoms with van der Waals surface area (Å²) in [6.45, 7) is 4.92. The fourth-order valence-corrected chi connectivity index (χ4v) is 10.7. The highest BCUT2D eigenvalue weighted by atomic mass is 16.7. The first-order valence-corrected chi connectivity index (χ1v) is 22.5. The number of rotatable bonds is 18. The summed E-state index contributed by atoms with van der Waals surface area (Å²) in [6, 6.07) is 34.6. The third-order valence-corrected chi connectivity index (χ3v) is 13.6. The summed E-state index contributed by atoms with van der Waals surface area (Å²) in [5.41, 5.74) is 3.87. The number of carbonyl (C=O) groups excluding carboxylic acids is 1. The van der Waals surface area contributed by atoms with Crippen LogP contribution in [0.5, 0.6) is 17.2 Å². The molecule has 0 spiro atoms. The number of nitrogens with zero attached hydrogens (tertiary/aromatic N) is 2. The maximum absolute atomic E-state index is 15.0. The highest BCUT2D eigenvalue weighted by molar-refractivity contribution is 6.03. The maximum Gasteiger partial charge on any atom is 0.239 e. The number of aliphatic hydroxyl groups is 2. The molecule has 0 aromatic heterocycles. The molecule has 5 aromatic rings. The minimum absolute atomic E-state index is 0.0730. The summed E-state index contributed by atoms with van der Waals surface area (Å²) < 4.78 is 21.4. The average molecular weight is 835 g/mol. The second-order valence-electron chi connectivity index (χ2n) is 17.4. The van der Waals surface area contributed by atoms with Gasteiger partial charge in [-0.25, -0.2) is 0 Å². The standard InChI is InChI=1S/C53H58N2O7/c1-3-29-60-53-49(55(52(58)37-21-22-37)34-40-18-12-17-36-14-6-7-19-43(36)40)33-47(54-59-2)45-31-39(16-8-10-27-56)44(20-9-11-28-57)50(51(45)53)46-32-42(25-26-48(46)62-53)61-41-24-23-35-13-4-5-15-38(35)30-41/h3-7,12-15,17-19,23-26,30-32,37,39,44,49-51,56-57H,1,8-11,16,20-22,27-29,33-34H2,2H3/t39-,44+,49-,50+,51+,53+/m0/s1. The normalized spacial score (nSPS) is 24.5. The van der Waals surface area contributed by atoms with Crippen molar-refractivity contribution in [3.63, 3.8) is 0 Å². The molecule has 0 saturated heterocycles. The third-order valence-electron chi connectivity index (χ3n) is 13.6. The molecule has 9 heteroatoms. The molecule has 3 aliphatic carbocycles. The van der Waals surface area contributed by atoms with Crippen molar-refractivity contribution in [2.24, 2.45) is 28.8 Å². The van der Waals surface area contributed by atoms with Crippen LogP contribution in [-0.2, 0) is 20.9 Å². The lowest BCUT2D eigenvalue weighted by Gasteiger charge is -2.60. The fourth-order valence-electron chi connectivity index (χ4n) is 10.7. The zero-order valence-electron chi connectivity index (χ0n) is 35.7. The molecule has 0 radical (unpaired) electrons. The SMILES string of the molecule is C=CCO[C@@]12Oc3ccc(Oc4ccc5ccccc5c4)cc3[C@H]3[C@H](CCCCO)[C@@H](CCCCO)C=C(C(=NOC)C[C@@H]1N(Cc1cccc4ccccc14)C(=O)C1CC1)[C@H]32. The van der Waals surface area contributed by atoms with Crippen molar-refractivity contribution in [2.45, 2.75) is 82.1 Å².